The fourth-order valence-corrected chi connectivity index (χ4v) is 4.40. The summed E-state index contributed by atoms with van der Waals surface area (Å²) in [6, 6.07) is 15.4. The highest BCUT2D eigenvalue weighted by molar-refractivity contribution is 7.99. The van der Waals surface area contributed by atoms with Gasteiger partial charge in [0.15, 0.2) is 0 Å². The lowest BCUT2D eigenvalue weighted by atomic mass is 10.0. The lowest BCUT2D eigenvalue weighted by Gasteiger charge is -2.26. The Morgan fingerprint density at radius 2 is 2.05 bits per heavy atom. The molecule has 21 heavy (non-hydrogen) atoms. The number of hydrogen-bond donors (Lipinski definition) is 1. The van der Waals surface area contributed by atoms with E-state index in [2.05, 4.69) is 60.4 Å². The van der Waals surface area contributed by atoms with Crippen LogP contribution in [0.2, 0.25) is 0 Å². The Bertz CT molecular complexity index is 525. The van der Waals surface area contributed by atoms with Gasteiger partial charge in [0.05, 0.1) is 12.3 Å². The van der Waals surface area contributed by atoms with Crippen molar-refractivity contribution in [2.24, 2.45) is 0 Å². The molecule has 3 rings (SSSR count). The van der Waals surface area contributed by atoms with Gasteiger partial charge < -0.3 is 4.42 Å². The summed E-state index contributed by atoms with van der Waals surface area (Å²) in [6.07, 6.45) is 5.69. The SMILES string of the molecule is CCSC1CCCC1NC(c1ccccc1)c1ccco1. The Hall–Kier alpha value is -1.19. The third-order valence-electron chi connectivity index (χ3n) is 4.17. The summed E-state index contributed by atoms with van der Waals surface area (Å²) < 4.78 is 5.69. The zero-order valence-corrected chi connectivity index (χ0v) is 13.3. The van der Waals surface area contributed by atoms with Crippen LogP contribution >= 0.6 is 11.8 Å². The first-order chi connectivity index (χ1) is 10.4. The number of furan rings is 1. The van der Waals surface area contributed by atoms with Gasteiger partial charge in [0.1, 0.15) is 5.76 Å². The van der Waals surface area contributed by atoms with Crippen molar-refractivity contribution in [3.8, 4) is 0 Å². The van der Waals surface area contributed by atoms with Crippen molar-refractivity contribution in [3.63, 3.8) is 0 Å². The van der Waals surface area contributed by atoms with Crippen LogP contribution in [0.5, 0.6) is 0 Å². The topological polar surface area (TPSA) is 25.2 Å². The molecule has 1 heterocycles. The molecule has 1 aromatic carbocycles. The summed E-state index contributed by atoms with van der Waals surface area (Å²) in [5.74, 6) is 2.20. The summed E-state index contributed by atoms with van der Waals surface area (Å²) >= 11 is 2.09. The molecule has 1 fully saturated rings. The minimum atomic E-state index is 0.157. The molecule has 0 amide bonds. The van der Waals surface area contributed by atoms with E-state index in [-0.39, 0.29) is 6.04 Å². The van der Waals surface area contributed by atoms with Crippen molar-refractivity contribution in [1.82, 2.24) is 5.32 Å². The average Bonchev–Trinajstić information content (AvgIpc) is 3.18. The van der Waals surface area contributed by atoms with Gasteiger partial charge in [-0.3, -0.25) is 5.32 Å². The second kappa shape index (κ2) is 7.19. The van der Waals surface area contributed by atoms with Gasteiger partial charge in [-0.1, -0.05) is 43.7 Å². The molecule has 2 nitrogen and oxygen atoms in total. The molecule has 0 radical (unpaired) electrons. The molecule has 112 valence electrons. The zero-order chi connectivity index (χ0) is 14.5. The van der Waals surface area contributed by atoms with E-state index in [4.69, 9.17) is 4.42 Å². The third-order valence-corrected chi connectivity index (χ3v) is 5.50. The number of nitrogens with one attached hydrogen (secondary N) is 1. The summed E-state index contributed by atoms with van der Waals surface area (Å²) in [5, 5.41) is 4.59. The predicted molar refractivity (Wildman–Crippen MR) is 89.7 cm³/mol. The normalized spacial score (nSPS) is 23.3. The standard InChI is InChI=1S/C18H23NOS/c1-2-21-17-12-6-10-15(17)19-18(16-11-7-13-20-16)14-8-4-3-5-9-14/h3-5,7-9,11,13,15,17-19H,2,6,10,12H2,1H3. The largest absolute Gasteiger partial charge is 0.467 e. The van der Waals surface area contributed by atoms with Crippen LogP contribution in [0, 0.1) is 0 Å². The van der Waals surface area contributed by atoms with Crippen LogP contribution in [0.4, 0.5) is 0 Å². The molecule has 0 bridgehead atoms. The molecule has 3 heteroatoms. The van der Waals surface area contributed by atoms with Gasteiger partial charge in [-0.25, -0.2) is 0 Å². The summed E-state index contributed by atoms with van der Waals surface area (Å²) in [4.78, 5) is 0. The smallest absolute Gasteiger partial charge is 0.125 e. The summed E-state index contributed by atoms with van der Waals surface area (Å²) in [6.45, 7) is 2.25. The Balaban J connectivity index is 1.80. The van der Waals surface area contributed by atoms with Crippen molar-refractivity contribution >= 4 is 11.8 Å². The third kappa shape index (κ3) is 3.53. The molecule has 0 aliphatic heterocycles. The lowest BCUT2D eigenvalue weighted by molar-refractivity contribution is 0.408. The Kier molecular flexibility index (Phi) is 5.04. The van der Waals surface area contributed by atoms with Crippen LogP contribution in [-0.2, 0) is 0 Å². The number of thioether (sulfide) groups is 1. The Morgan fingerprint density at radius 3 is 2.76 bits per heavy atom. The van der Waals surface area contributed by atoms with Gasteiger partial charge in [-0.2, -0.15) is 11.8 Å². The highest BCUT2D eigenvalue weighted by atomic mass is 32.2. The van der Waals surface area contributed by atoms with E-state index >= 15 is 0 Å². The second-order valence-electron chi connectivity index (χ2n) is 5.56. The van der Waals surface area contributed by atoms with Crippen molar-refractivity contribution < 1.29 is 4.42 Å². The van der Waals surface area contributed by atoms with Crippen LogP contribution in [0.15, 0.2) is 53.1 Å². The Labute approximate surface area is 131 Å². The van der Waals surface area contributed by atoms with E-state index in [0.717, 1.165) is 11.0 Å². The van der Waals surface area contributed by atoms with Crippen LogP contribution in [-0.4, -0.2) is 17.0 Å². The molecule has 1 aromatic heterocycles. The van der Waals surface area contributed by atoms with E-state index in [1.54, 1.807) is 6.26 Å². The van der Waals surface area contributed by atoms with Gasteiger partial charge >= 0.3 is 0 Å². The molecule has 2 aromatic rings. The molecule has 0 saturated heterocycles. The first kappa shape index (κ1) is 14.7. The molecule has 3 unspecified atom stereocenters. The van der Waals surface area contributed by atoms with Crippen molar-refractivity contribution in [2.75, 3.05) is 5.75 Å². The first-order valence-electron chi connectivity index (χ1n) is 7.84. The fourth-order valence-electron chi connectivity index (χ4n) is 3.19. The fraction of sp³-hybridized carbons (Fsp3) is 0.444. The minimum absolute atomic E-state index is 0.157. The Morgan fingerprint density at radius 1 is 1.19 bits per heavy atom. The maximum absolute atomic E-state index is 5.69. The number of rotatable bonds is 6. The quantitative estimate of drug-likeness (QED) is 0.842. The van der Waals surface area contributed by atoms with E-state index in [0.29, 0.717) is 6.04 Å². The molecule has 1 saturated carbocycles. The van der Waals surface area contributed by atoms with Gasteiger partial charge in [0.25, 0.3) is 0 Å². The van der Waals surface area contributed by atoms with Gasteiger partial charge in [0.2, 0.25) is 0 Å². The van der Waals surface area contributed by atoms with E-state index < -0.39 is 0 Å². The summed E-state index contributed by atoms with van der Waals surface area (Å²) in [5.41, 5.74) is 1.28. The zero-order valence-electron chi connectivity index (χ0n) is 12.5. The number of benzene rings is 1. The highest BCUT2D eigenvalue weighted by Crippen LogP contribution is 2.33. The summed E-state index contributed by atoms with van der Waals surface area (Å²) in [7, 11) is 0. The van der Waals surface area contributed by atoms with E-state index in [1.807, 2.05) is 6.07 Å². The van der Waals surface area contributed by atoms with Crippen LogP contribution in [0.1, 0.15) is 43.6 Å². The van der Waals surface area contributed by atoms with Gasteiger partial charge in [-0.15, -0.1) is 0 Å². The molecular formula is C18H23NOS. The predicted octanol–water partition coefficient (Wildman–Crippen LogP) is 4.63. The lowest BCUT2D eigenvalue weighted by Crippen LogP contribution is -2.37. The second-order valence-corrected chi connectivity index (χ2v) is 7.07. The number of hydrogen-bond acceptors (Lipinski definition) is 3. The molecule has 0 spiro atoms. The molecule has 1 aliphatic rings. The van der Waals surface area contributed by atoms with Crippen molar-refractivity contribution in [2.45, 2.75) is 43.5 Å². The van der Waals surface area contributed by atoms with Crippen molar-refractivity contribution in [1.29, 1.82) is 0 Å². The molecule has 1 aliphatic carbocycles. The monoisotopic (exact) mass is 301 g/mol. The van der Waals surface area contributed by atoms with E-state index in [1.165, 1.54) is 30.6 Å². The van der Waals surface area contributed by atoms with Crippen molar-refractivity contribution in [3.05, 3.63) is 60.1 Å². The molecule has 1 N–H and O–H groups in total. The van der Waals surface area contributed by atoms with Gasteiger partial charge in [0, 0.05) is 11.3 Å². The van der Waals surface area contributed by atoms with Crippen LogP contribution < -0.4 is 5.32 Å². The van der Waals surface area contributed by atoms with Crippen LogP contribution in [0.3, 0.4) is 0 Å². The average molecular weight is 301 g/mol. The highest BCUT2D eigenvalue weighted by Gasteiger charge is 2.30. The van der Waals surface area contributed by atoms with Gasteiger partial charge in [-0.05, 0) is 36.3 Å². The molecule has 3 atom stereocenters. The molecular weight excluding hydrogens is 278 g/mol. The maximum Gasteiger partial charge on any atom is 0.125 e. The van der Waals surface area contributed by atoms with Crippen LogP contribution in [0.25, 0.3) is 0 Å². The maximum atomic E-state index is 5.69. The minimum Gasteiger partial charge on any atom is -0.467 e. The first-order valence-corrected chi connectivity index (χ1v) is 8.89. The van der Waals surface area contributed by atoms with E-state index in [9.17, 15) is 0 Å².